The van der Waals surface area contributed by atoms with Crippen molar-refractivity contribution in [2.75, 3.05) is 18.1 Å². The smallest absolute Gasteiger partial charge is 0.271 e. The van der Waals surface area contributed by atoms with E-state index in [9.17, 15) is 8.42 Å². The van der Waals surface area contributed by atoms with Gasteiger partial charge in [0.1, 0.15) is 9.96 Å². The van der Waals surface area contributed by atoms with Gasteiger partial charge in [-0.2, -0.15) is 0 Å². The molecule has 1 N–H and O–H groups in total. The molecular weight excluding hydrogens is 428 g/mol. The lowest BCUT2D eigenvalue weighted by atomic mass is 10.2. The van der Waals surface area contributed by atoms with Crippen LogP contribution in [0.2, 0.25) is 0 Å². The molecule has 0 saturated carbocycles. The monoisotopic (exact) mass is 444 g/mol. The fourth-order valence-electron chi connectivity index (χ4n) is 2.73. The van der Waals surface area contributed by atoms with E-state index in [-0.39, 0.29) is 4.21 Å². The summed E-state index contributed by atoms with van der Waals surface area (Å²) in [5.41, 5.74) is 1.60. The first-order valence-electron chi connectivity index (χ1n) is 8.43. The normalized spacial score (nSPS) is 11.5. The molecule has 0 aliphatic rings. The Hall–Kier alpha value is -2.69. The van der Waals surface area contributed by atoms with Crippen molar-refractivity contribution in [3.05, 3.63) is 54.9 Å². The highest BCUT2D eigenvalue weighted by atomic mass is 32.2. The Balaban J connectivity index is 1.70. The molecule has 148 valence electrons. The summed E-state index contributed by atoms with van der Waals surface area (Å²) in [7, 11) is -2.27. The number of fused-ring (bicyclic) bond motifs is 1. The molecule has 0 aliphatic heterocycles. The van der Waals surface area contributed by atoms with Gasteiger partial charge < -0.3 is 4.74 Å². The average Bonchev–Trinajstić information content (AvgIpc) is 3.25. The van der Waals surface area contributed by atoms with E-state index in [0.717, 1.165) is 21.6 Å². The largest absolute Gasteiger partial charge is 0.497 e. The highest BCUT2D eigenvalue weighted by Crippen LogP contribution is 2.33. The highest BCUT2D eigenvalue weighted by Gasteiger charge is 2.20. The molecule has 0 unspecified atom stereocenters. The molecule has 3 aromatic heterocycles. The Morgan fingerprint density at radius 1 is 1.10 bits per heavy atom. The summed E-state index contributed by atoms with van der Waals surface area (Å²) in [4.78, 5) is 13.6. The maximum Gasteiger partial charge on any atom is 0.271 e. The van der Waals surface area contributed by atoms with E-state index in [1.807, 2.05) is 18.4 Å². The van der Waals surface area contributed by atoms with Crippen LogP contribution in [0.25, 0.3) is 21.5 Å². The van der Waals surface area contributed by atoms with Gasteiger partial charge in [-0.3, -0.25) is 9.71 Å². The van der Waals surface area contributed by atoms with Gasteiger partial charge in [0.25, 0.3) is 10.0 Å². The molecule has 1 aromatic carbocycles. The Bertz CT molecular complexity index is 1290. The van der Waals surface area contributed by atoms with Gasteiger partial charge in [0.2, 0.25) is 0 Å². The fraction of sp³-hybridized carbons (Fsp3) is 0.105. The molecule has 0 saturated heterocycles. The van der Waals surface area contributed by atoms with Gasteiger partial charge >= 0.3 is 0 Å². The Kier molecular flexibility index (Phi) is 5.39. The van der Waals surface area contributed by atoms with Crippen LogP contribution < -0.4 is 9.46 Å². The van der Waals surface area contributed by atoms with Crippen LogP contribution in [0.15, 0.2) is 64.2 Å². The summed E-state index contributed by atoms with van der Waals surface area (Å²) in [5, 5.41) is 1.41. The summed E-state index contributed by atoms with van der Waals surface area (Å²) in [5.74, 6) is 0.542. The quantitative estimate of drug-likeness (QED) is 0.350. The zero-order valence-electron chi connectivity index (χ0n) is 15.5. The van der Waals surface area contributed by atoms with Gasteiger partial charge in [-0.1, -0.05) is 17.8 Å². The molecule has 0 fully saturated rings. The van der Waals surface area contributed by atoms with Crippen molar-refractivity contribution < 1.29 is 13.2 Å². The van der Waals surface area contributed by atoms with Crippen molar-refractivity contribution in [2.24, 2.45) is 0 Å². The molecule has 10 heteroatoms. The number of nitrogens with zero attached hydrogens (tertiary/aromatic N) is 3. The van der Waals surface area contributed by atoms with E-state index in [1.165, 1.54) is 18.9 Å². The number of thiophene rings is 1. The van der Waals surface area contributed by atoms with E-state index in [2.05, 4.69) is 19.7 Å². The number of hydrogen-bond acceptors (Lipinski definition) is 8. The van der Waals surface area contributed by atoms with Crippen molar-refractivity contribution in [1.29, 1.82) is 0 Å². The maximum atomic E-state index is 13.0. The van der Waals surface area contributed by atoms with Crippen LogP contribution in [0.3, 0.4) is 0 Å². The van der Waals surface area contributed by atoms with E-state index >= 15 is 0 Å². The topological polar surface area (TPSA) is 94.1 Å². The lowest BCUT2D eigenvalue weighted by molar-refractivity contribution is 0.415. The SMILES string of the molecule is COc1cc(NS(=O)(=O)c2ccc(-c3ccnc(SC)n3)s2)c2ncccc2c1. The van der Waals surface area contributed by atoms with E-state index in [0.29, 0.717) is 27.8 Å². The second-order valence-electron chi connectivity index (χ2n) is 5.90. The van der Waals surface area contributed by atoms with Crippen LogP contribution in [-0.2, 0) is 10.0 Å². The van der Waals surface area contributed by atoms with Gasteiger partial charge in [-0.05, 0) is 36.6 Å². The van der Waals surface area contributed by atoms with Crippen molar-refractivity contribution in [1.82, 2.24) is 15.0 Å². The number of ether oxygens (including phenoxy) is 1. The van der Waals surface area contributed by atoms with Gasteiger partial charge in [-0.25, -0.2) is 18.4 Å². The summed E-state index contributed by atoms with van der Waals surface area (Å²) in [6, 6.07) is 12.1. The molecule has 0 aliphatic carbocycles. The van der Waals surface area contributed by atoms with Crippen molar-refractivity contribution >= 4 is 49.7 Å². The Morgan fingerprint density at radius 2 is 1.97 bits per heavy atom. The molecular formula is C19H16N4O3S3. The Morgan fingerprint density at radius 3 is 2.76 bits per heavy atom. The molecule has 29 heavy (non-hydrogen) atoms. The first-order chi connectivity index (χ1) is 14.0. The number of hydrogen-bond donors (Lipinski definition) is 1. The van der Waals surface area contributed by atoms with Crippen LogP contribution in [0.4, 0.5) is 5.69 Å². The van der Waals surface area contributed by atoms with E-state index in [4.69, 9.17) is 4.74 Å². The highest BCUT2D eigenvalue weighted by molar-refractivity contribution is 7.98. The number of pyridine rings is 1. The number of thioether (sulfide) groups is 1. The number of aromatic nitrogens is 3. The lowest BCUT2D eigenvalue weighted by Crippen LogP contribution is -2.12. The van der Waals surface area contributed by atoms with Crippen LogP contribution in [-0.4, -0.2) is 36.7 Å². The lowest BCUT2D eigenvalue weighted by Gasteiger charge is -2.11. The molecule has 0 bridgehead atoms. The summed E-state index contributed by atoms with van der Waals surface area (Å²) < 4.78 is 34.1. The number of benzene rings is 1. The molecule has 7 nitrogen and oxygen atoms in total. The molecule has 3 heterocycles. The number of sulfonamides is 1. The number of nitrogens with one attached hydrogen (secondary N) is 1. The molecule has 0 radical (unpaired) electrons. The first kappa shape index (κ1) is 19.6. The Labute approximate surface area is 176 Å². The van der Waals surface area contributed by atoms with Gasteiger partial charge in [0.05, 0.1) is 28.9 Å². The molecule has 0 amide bonds. The predicted molar refractivity (Wildman–Crippen MR) is 116 cm³/mol. The van der Waals surface area contributed by atoms with E-state index < -0.39 is 10.0 Å². The maximum absolute atomic E-state index is 13.0. The third-order valence-corrected chi connectivity index (χ3v) is 7.60. The third kappa shape index (κ3) is 4.04. The summed E-state index contributed by atoms with van der Waals surface area (Å²) in [6.07, 6.45) is 5.17. The van der Waals surface area contributed by atoms with Gasteiger partial charge in [0.15, 0.2) is 5.16 Å². The van der Waals surface area contributed by atoms with E-state index in [1.54, 1.807) is 42.7 Å². The second-order valence-corrected chi connectivity index (χ2v) is 9.67. The van der Waals surface area contributed by atoms with Crippen molar-refractivity contribution in [3.63, 3.8) is 0 Å². The van der Waals surface area contributed by atoms with Crippen LogP contribution in [0, 0.1) is 0 Å². The molecule has 0 spiro atoms. The zero-order chi connectivity index (χ0) is 20.4. The number of anilines is 1. The summed E-state index contributed by atoms with van der Waals surface area (Å²) >= 11 is 2.57. The zero-order valence-corrected chi connectivity index (χ0v) is 17.9. The van der Waals surface area contributed by atoms with Crippen LogP contribution in [0.1, 0.15) is 0 Å². The minimum atomic E-state index is -3.81. The second kappa shape index (κ2) is 7.97. The molecule has 4 aromatic rings. The number of rotatable bonds is 6. The van der Waals surface area contributed by atoms with Crippen LogP contribution >= 0.6 is 23.1 Å². The fourth-order valence-corrected chi connectivity index (χ4v) is 5.42. The van der Waals surface area contributed by atoms with Crippen molar-refractivity contribution in [3.8, 4) is 16.3 Å². The summed E-state index contributed by atoms with van der Waals surface area (Å²) in [6.45, 7) is 0. The standard InChI is InChI=1S/C19H16N4O3S3/c1-26-13-10-12-4-3-8-20-18(12)15(11-13)23-29(24,25)17-6-5-16(28-17)14-7-9-21-19(22-14)27-2/h3-11,23H,1-2H3. The minimum Gasteiger partial charge on any atom is -0.497 e. The van der Waals surface area contributed by atoms with Gasteiger partial charge in [-0.15, -0.1) is 11.3 Å². The van der Waals surface area contributed by atoms with Gasteiger partial charge in [0, 0.05) is 23.8 Å². The predicted octanol–water partition coefficient (Wildman–Crippen LogP) is 4.28. The van der Waals surface area contributed by atoms with Crippen molar-refractivity contribution in [2.45, 2.75) is 9.37 Å². The molecule has 0 atom stereocenters. The average molecular weight is 445 g/mol. The first-order valence-corrected chi connectivity index (χ1v) is 12.0. The number of methoxy groups -OCH3 is 1. The molecule has 4 rings (SSSR count). The minimum absolute atomic E-state index is 0.184. The van der Waals surface area contributed by atoms with Crippen LogP contribution in [0.5, 0.6) is 5.75 Å². The third-order valence-electron chi connectivity index (χ3n) is 4.07.